The Balaban J connectivity index is 1.99. The highest BCUT2D eigenvalue weighted by Gasteiger charge is 2.01. The van der Waals surface area contributed by atoms with Gasteiger partial charge in [-0.15, -0.1) is 0 Å². The van der Waals surface area contributed by atoms with E-state index in [9.17, 15) is 5.11 Å². The predicted octanol–water partition coefficient (Wildman–Crippen LogP) is 3.47. The van der Waals surface area contributed by atoms with E-state index in [-0.39, 0.29) is 0 Å². The number of hydrogen-bond donors (Lipinski definition) is 2. The van der Waals surface area contributed by atoms with E-state index < -0.39 is 0 Å². The number of aromatic hydroxyl groups is 1. The first kappa shape index (κ1) is 11.6. The summed E-state index contributed by atoms with van der Waals surface area (Å²) in [5, 5.41) is 12.8. The lowest BCUT2D eigenvalue weighted by Crippen LogP contribution is -1.97. The van der Waals surface area contributed by atoms with Crippen molar-refractivity contribution in [2.45, 2.75) is 26.8 Å². The maximum atomic E-state index is 9.58. The number of hydrogen-bond acceptors (Lipinski definition) is 3. The van der Waals surface area contributed by atoms with Gasteiger partial charge >= 0.3 is 0 Å². The second kappa shape index (κ2) is 4.95. The minimum Gasteiger partial charge on any atom is -0.508 e. The standard InChI is InChI=1S/C14H17NO2/c1-3-12-6-7-13(17-12)9-15-11-5-4-10(2)14(16)8-11/h4-8,15-16H,3,9H2,1-2H3. The molecule has 0 saturated carbocycles. The third-order valence-electron chi connectivity index (χ3n) is 2.74. The first-order valence-corrected chi connectivity index (χ1v) is 5.80. The summed E-state index contributed by atoms with van der Waals surface area (Å²) in [6, 6.07) is 9.51. The molecule has 0 saturated heterocycles. The van der Waals surface area contributed by atoms with Crippen molar-refractivity contribution in [2.24, 2.45) is 0 Å². The zero-order valence-electron chi connectivity index (χ0n) is 10.2. The van der Waals surface area contributed by atoms with Crippen LogP contribution in [0.2, 0.25) is 0 Å². The summed E-state index contributed by atoms with van der Waals surface area (Å²) in [4.78, 5) is 0. The summed E-state index contributed by atoms with van der Waals surface area (Å²) in [7, 11) is 0. The van der Waals surface area contributed by atoms with E-state index in [2.05, 4.69) is 12.2 Å². The van der Waals surface area contributed by atoms with E-state index in [1.807, 2.05) is 31.2 Å². The molecule has 0 aliphatic rings. The molecule has 2 aromatic rings. The van der Waals surface area contributed by atoms with Crippen molar-refractivity contribution in [1.29, 1.82) is 0 Å². The van der Waals surface area contributed by atoms with Crippen LogP contribution in [0.1, 0.15) is 24.0 Å². The van der Waals surface area contributed by atoms with Gasteiger partial charge in [0.1, 0.15) is 17.3 Å². The second-order valence-electron chi connectivity index (χ2n) is 4.08. The first-order valence-electron chi connectivity index (χ1n) is 5.80. The number of benzene rings is 1. The lowest BCUT2D eigenvalue weighted by atomic mass is 10.2. The quantitative estimate of drug-likeness (QED) is 0.846. The van der Waals surface area contributed by atoms with Gasteiger partial charge in [0, 0.05) is 18.2 Å². The monoisotopic (exact) mass is 231 g/mol. The number of phenols is 1. The molecular formula is C14H17NO2. The van der Waals surface area contributed by atoms with E-state index in [4.69, 9.17) is 4.42 Å². The third-order valence-corrected chi connectivity index (χ3v) is 2.74. The smallest absolute Gasteiger partial charge is 0.123 e. The van der Waals surface area contributed by atoms with E-state index in [1.54, 1.807) is 6.07 Å². The average molecular weight is 231 g/mol. The van der Waals surface area contributed by atoms with Gasteiger partial charge < -0.3 is 14.8 Å². The molecule has 2 N–H and O–H groups in total. The molecule has 0 unspecified atom stereocenters. The zero-order chi connectivity index (χ0) is 12.3. The SMILES string of the molecule is CCc1ccc(CNc2ccc(C)c(O)c2)o1. The van der Waals surface area contributed by atoms with E-state index in [1.165, 1.54) is 0 Å². The van der Waals surface area contributed by atoms with E-state index in [0.29, 0.717) is 12.3 Å². The second-order valence-corrected chi connectivity index (χ2v) is 4.08. The van der Waals surface area contributed by atoms with Crippen molar-refractivity contribution in [1.82, 2.24) is 0 Å². The molecule has 1 aromatic heterocycles. The molecule has 0 aliphatic heterocycles. The lowest BCUT2D eigenvalue weighted by molar-refractivity contribution is 0.470. The molecule has 17 heavy (non-hydrogen) atoms. The van der Waals surface area contributed by atoms with Crippen LogP contribution >= 0.6 is 0 Å². The van der Waals surface area contributed by atoms with Crippen molar-refractivity contribution in [3.8, 4) is 5.75 Å². The van der Waals surface area contributed by atoms with Gasteiger partial charge in [-0.25, -0.2) is 0 Å². The molecule has 0 atom stereocenters. The molecule has 3 nitrogen and oxygen atoms in total. The molecule has 1 heterocycles. The summed E-state index contributed by atoms with van der Waals surface area (Å²) < 4.78 is 5.58. The highest BCUT2D eigenvalue weighted by molar-refractivity contribution is 5.50. The number of phenolic OH excluding ortho intramolecular Hbond substituents is 1. The van der Waals surface area contributed by atoms with Gasteiger partial charge in [-0.1, -0.05) is 13.0 Å². The van der Waals surface area contributed by atoms with Crippen LogP contribution in [0.4, 0.5) is 5.69 Å². The van der Waals surface area contributed by atoms with E-state index in [0.717, 1.165) is 29.2 Å². The molecular weight excluding hydrogens is 214 g/mol. The molecule has 0 fully saturated rings. The Morgan fingerprint density at radius 3 is 2.59 bits per heavy atom. The van der Waals surface area contributed by atoms with Crippen molar-refractivity contribution in [2.75, 3.05) is 5.32 Å². The summed E-state index contributed by atoms with van der Waals surface area (Å²) in [6.45, 7) is 4.57. The number of aryl methyl sites for hydroxylation is 2. The highest BCUT2D eigenvalue weighted by Crippen LogP contribution is 2.21. The predicted molar refractivity (Wildman–Crippen MR) is 68.3 cm³/mol. The van der Waals surface area contributed by atoms with Crippen molar-refractivity contribution in [3.05, 3.63) is 47.4 Å². The van der Waals surface area contributed by atoms with Gasteiger partial charge in [-0.3, -0.25) is 0 Å². The van der Waals surface area contributed by atoms with Crippen LogP contribution in [0.3, 0.4) is 0 Å². The Labute approximate surface area is 101 Å². The molecule has 0 radical (unpaired) electrons. The van der Waals surface area contributed by atoms with Crippen molar-refractivity contribution in [3.63, 3.8) is 0 Å². The minimum absolute atomic E-state index is 0.309. The summed E-state index contributed by atoms with van der Waals surface area (Å²) in [5.74, 6) is 2.21. The van der Waals surface area contributed by atoms with Gasteiger partial charge in [0.25, 0.3) is 0 Å². The minimum atomic E-state index is 0.309. The zero-order valence-corrected chi connectivity index (χ0v) is 10.2. The Bertz CT molecular complexity index is 503. The number of nitrogens with one attached hydrogen (secondary N) is 1. The van der Waals surface area contributed by atoms with Crippen LogP contribution in [-0.4, -0.2) is 5.11 Å². The van der Waals surface area contributed by atoms with Crippen LogP contribution in [0, 0.1) is 6.92 Å². The van der Waals surface area contributed by atoms with Crippen LogP contribution < -0.4 is 5.32 Å². The van der Waals surface area contributed by atoms with Crippen molar-refractivity contribution < 1.29 is 9.52 Å². The van der Waals surface area contributed by atoms with Gasteiger partial charge in [0.2, 0.25) is 0 Å². The Morgan fingerprint density at radius 1 is 1.18 bits per heavy atom. The lowest BCUT2D eigenvalue weighted by Gasteiger charge is -2.06. The van der Waals surface area contributed by atoms with Gasteiger partial charge in [-0.2, -0.15) is 0 Å². The Morgan fingerprint density at radius 2 is 1.94 bits per heavy atom. The van der Waals surface area contributed by atoms with Crippen LogP contribution in [-0.2, 0) is 13.0 Å². The fourth-order valence-electron chi connectivity index (χ4n) is 1.62. The van der Waals surface area contributed by atoms with Crippen LogP contribution in [0.15, 0.2) is 34.7 Å². The Hall–Kier alpha value is -1.90. The van der Waals surface area contributed by atoms with E-state index >= 15 is 0 Å². The molecule has 90 valence electrons. The van der Waals surface area contributed by atoms with Gasteiger partial charge in [0.15, 0.2) is 0 Å². The maximum absolute atomic E-state index is 9.58. The molecule has 0 spiro atoms. The normalized spacial score (nSPS) is 10.5. The molecule has 1 aromatic carbocycles. The topological polar surface area (TPSA) is 45.4 Å². The number of furan rings is 1. The van der Waals surface area contributed by atoms with Crippen molar-refractivity contribution >= 4 is 5.69 Å². The summed E-state index contributed by atoms with van der Waals surface area (Å²) in [5.41, 5.74) is 1.77. The highest BCUT2D eigenvalue weighted by atomic mass is 16.3. The molecule has 0 aliphatic carbocycles. The van der Waals surface area contributed by atoms with Crippen LogP contribution in [0.25, 0.3) is 0 Å². The van der Waals surface area contributed by atoms with Gasteiger partial charge in [0.05, 0.1) is 6.54 Å². The fourth-order valence-corrected chi connectivity index (χ4v) is 1.62. The number of rotatable bonds is 4. The number of anilines is 1. The van der Waals surface area contributed by atoms with Crippen LogP contribution in [0.5, 0.6) is 5.75 Å². The summed E-state index contributed by atoms with van der Waals surface area (Å²) >= 11 is 0. The first-order chi connectivity index (χ1) is 8.19. The largest absolute Gasteiger partial charge is 0.508 e. The molecule has 0 bridgehead atoms. The molecule has 3 heteroatoms. The summed E-state index contributed by atoms with van der Waals surface area (Å²) in [6.07, 6.45) is 0.908. The third kappa shape index (κ3) is 2.81. The average Bonchev–Trinajstić information content (AvgIpc) is 2.79. The Kier molecular flexibility index (Phi) is 3.38. The maximum Gasteiger partial charge on any atom is 0.123 e. The molecule has 2 rings (SSSR count). The fraction of sp³-hybridized carbons (Fsp3) is 0.286. The molecule has 0 amide bonds. The van der Waals surface area contributed by atoms with Gasteiger partial charge in [-0.05, 0) is 30.7 Å².